The zero-order chi connectivity index (χ0) is 17.9. The zero-order valence-corrected chi connectivity index (χ0v) is 13.7. The third-order valence-electron chi connectivity index (χ3n) is 3.37. The van der Waals surface area contributed by atoms with Crippen LogP contribution in [0.1, 0.15) is 37.4 Å². The Kier molecular flexibility index (Phi) is 5.43. The topological polar surface area (TPSA) is 124 Å². The maximum atomic E-state index is 12.4. The minimum atomic E-state index is -4.64. The quantitative estimate of drug-likeness (QED) is 0.513. The average Bonchev–Trinajstić information content (AvgIpc) is 2.51. The maximum absolute atomic E-state index is 12.4. The fraction of sp³-hybridized carbons (Fsp3) is 0.125. The van der Waals surface area contributed by atoms with Crippen molar-refractivity contribution in [3.05, 3.63) is 70.3 Å². The van der Waals surface area contributed by atoms with Crippen LogP contribution in [-0.2, 0) is 11.1 Å². The second kappa shape index (κ2) is 7.17. The predicted octanol–water partition coefficient (Wildman–Crippen LogP) is 1.25. The average molecular weight is 349 g/mol. The molecule has 0 aromatic heterocycles. The first-order chi connectivity index (χ1) is 11.2. The van der Waals surface area contributed by atoms with Crippen molar-refractivity contribution in [2.24, 2.45) is 0 Å². The zero-order valence-electron chi connectivity index (χ0n) is 12.8. The Morgan fingerprint density at radius 2 is 1.33 bits per heavy atom. The lowest BCUT2D eigenvalue weighted by Crippen LogP contribution is -2.21. The molecule has 0 amide bonds. The second-order valence-corrected chi connectivity index (χ2v) is 6.15. The Hall–Kier alpha value is -2.15. The van der Waals surface area contributed by atoms with Gasteiger partial charge in [0.05, 0.1) is 0 Å². The molecule has 2 aromatic carbocycles. The summed E-state index contributed by atoms with van der Waals surface area (Å²) >= 11 is 0. The van der Waals surface area contributed by atoms with E-state index in [9.17, 15) is 9.59 Å². The van der Waals surface area contributed by atoms with Gasteiger partial charge in [0.2, 0.25) is 0 Å². The summed E-state index contributed by atoms with van der Waals surface area (Å²) in [6.45, 7) is 0.677. The summed E-state index contributed by atoms with van der Waals surface area (Å²) in [5, 5.41) is 3.04. The minimum Gasteiger partial charge on any atom is -0.316 e. The molecule has 7 nitrogen and oxygen atoms in total. The molecule has 0 fully saturated rings. The monoisotopic (exact) mass is 349 g/mol. The Balaban J connectivity index is 0.000000368. The van der Waals surface area contributed by atoms with Crippen LogP contribution < -0.4 is 5.32 Å². The van der Waals surface area contributed by atoms with E-state index in [-0.39, 0.29) is 11.6 Å². The molecule has 3 rings (SSSR count). The summed E-state index contributed by atoms with van der Waals surface area (Å²) in [7, 11) is -2.79. The molecule has 8 heteroatoms. The molecule has 0 spiro atoms. The van der Waals surface area contributed by atoms with Gasteiger partial charge in [-0.1, -0.05) is 30.3 Å². The highest BCUT2D eigenvalue weighted by Gasteiger charge is 2.29. The molecular formula is C16H16NO6P. The van der Waals surface area contributed by atoms with Gasteiger partial charge in [-0.3, -0.25) is 9.59 Å². The van der Waals surface area contributed by atoms with Gasteiger partial charge in [-0.05, 0) is 24.7 Å². The van der Waals surface area contributed by atoms with E-state index in [1.165, 1.54) is 0 Å². The minimum absolute atomic E-state index is 0.0665. The molecule has 24 heavy (non-hydrogen) atoms. The van der Waals surface area contributed by atoms with Crippen molar-refractivity contribution in [1.82, 2.24) is 5.32 Å². The van der Waals surface area contributed by atoms with Crippen LogP contribution in [0.25, 0.3) is 0 Å². The molecule has 0 heterocycles. The Morgan fingerprint density at radius 3 is 1.83 bits per heavy atom. The number of nitrogens with one attached hydrogen (secondary N) is 1. The van der Waals surface area contributed by atoms with Gasteiger partial charge in [0.15, 0.2) is 11.6 Å². The highest BCUT2D eigenvalue weighted by Crippen LogP contribution is 2.27. The van der Waals surface area contributed by atoms with E-state index < -0.39 is 7.82 Å². The van der Waals surface area contributed by atoms with Crippen molar-refractivity contribution in [3.8, 4) is 0 Å². The lowest BCUT2D eigenvalue weighted by Gasteiger charge is -2.17. The van der Waals surface area contributed by atoms with Crippen molar-refractivity contribution in [3.63, 3.8) is 0 Å². The van der Waals surface area contributed by atoms with E-state index >= 15 is 0 Å². The number of rotatable bonds is 2. The van der Waals surface area contributed by atoms with Crippen LogP contribution >= 0.6 is 7.82 Å². The molecule has 126 valence electrons. The van der Waals surface area contributed by atoms with Crippen molar-refractivity contribution in [2.75, 3.05) is 7.05 Å². The van der Waals surface area contributed by atoms with E-state index in [4.69, 9.17) is 19.2 Å². The molecule has 0 atom stereocenters. The molecule has 0 aliphatic heterocycles. The van der Waals surface area contributed by atoms with E-state index in [1.54, 1.807) is 30.3 Å². The summed E-state index contributed by atoms with van der Waals surface area (Å²) in [6, 6.07) is 12.4. The van der Waals surface area contributed by atoms with Crippen LogP contribution in [0.2, 0.25) is 0 Å². The van der Waals surface area contributed by atoms with Crippen molar-refractivity contribution < 1.29 is 28.8 Å². The number of carbonyl (C=O) groups excluding carboxylic acids is 2. The van der Waals surface area contributed by atoms with Crippen molar-refractivity contribution in [1.29, 1.82) is 0 Å². The number of fused-ring (bicyclic) bond motifs is 2. The predicted molar refractivity (Wildman–Crippen MR) is 86.8 cm³/mol. The van der Waals surface area contributed by atoms with Crippen molar-refractivity contribution >= 4 is 19.4 Å². The van der Waals surface area contributed by atoms with Crippen LogP contribution in [0.3, 0.4) is 0 Å². The molecule has 0 saturated heterocycles. The number of hydrogen-bond donors (Lipinski definition) is 4. The summed E-state index contributed by atoms with van der Waals surface area (Å²) < 4.78 is 8.88. The van der Waals surface area contributed by atoms with Gasteiger partial charge in [0, 0.05) is 28.8 Å². The summed E-state index contributed by atoms with van der Waals surface area (Å²) in [5.41, 5.74) is 3.02. The first kappa shape index (κ1) is 18.2. The standard InChI is InChI=1S/C16H13NO2.H3O4P/c1-17-9-10-6-7-13-14(8-10)16(19)12-5-3-2-4-11(12)15(13)18;1-5(2,3)4/h2-8,17H,9H2,1H3;(H3,1,2,3,4). The molecule has 0 radical (unpaired) electrons. The summed E-state index contributed by atoms with van der Waals surface area (Å²) in [6.07, 6.45) is 0. The van der Waals surface area contributed by atoms with Crippen LogP contribution in [0.5, 0.6) is 0 Å². The molecule has 4 N–H and O–H groups in total. The lowest BCUT2D eigenvalue weighted by atomic mass is 9.83. The van der Waals surface area contributed by atoms with Crippen LogP contribution in [-0.4, -0.2) is 33.3 Å². The number of benzene rings is 2. The molecule has 1 aliphatic carbocycles. The lowest BCUT2D eigenvalue weighted by molar-refractivity contribution is 0.0979. The van der Waals surface area contributed by atoms with Crippen LogP contribution in [0.4, 0.5) is 0 Å². The van der Waals surface area contributed by atoms with Gasteiger partial charge in [-0.15, -0.1) is 0 Å². The van der Waals surface area contributed by atoms with Gasteiger partial charge in [0.1, 0.15) is 0 Å². The normalized spacial score (nSPS) is 12.8. The van der Waals surface area contributed by atoms with Gasteiger partial charge < -0.3 is 20.0 Å². The Morgan fingerprint density at radius 1 is 0.875 bits per heavy atom. The van der Waals surface area contributed by atoms with E-state index in [2.05, 4.69) is 5.32 Å². The molecule has 1 aliphatic rings. The highest BCUT2D eigenvalue weighted by molar-refractivity contribution is 7.45. The molecule has 0 unspecified atom stereocenters. The van der Waals surface area contributed by atoms with Crippen molar-refractivity contribution in [2.45, 2.75) is 6.54 Å². The third kappa shape index (κ3) is 4.23. The third-order valence-corrected chi connectivity index (χ3v) is 3.37. The van der Waals surface area contributed by atoms with E-state index in [0.717, 1.165) is 5.56 Å². The molecule has 2 aromatic rings. The SMILES string of the molecule is CNCc1ccc2c(c1)C(=O)c1ccccc1C2=O.O=P(O)(O)O. The number of carbonyl (C=O) groups is 2. The van der Waals surface area contributed by atoms with Gasteiger partial charge in [-0.25, -0.2) is 4.57 Å². The fourth-order valence-corrected chi connectivity index (χ4v) is 2.46. The van der Waals surface area contributed by atoms with Crippen LogP contribution in [0, 0.1) is 0 Å². The molecule has 0 bridgehead atoms. The number of ketones is 2. The van der Waals surface area contributed by atoms with E-state index in [0.29, 0.717) is 28.8 Å². The van der Waals surface area contributed by atoms with Crippen LogP contribution in [0.15, 0.2) is 42.5 Å². The maximum Gasteiger partial charge on any atom is 0.466 e. The van der Waals surface area contributed by atoms with Gasteiger partial charge >= 0.3 is 7.82 Å². The number of phosphoric acid groups is 1. The highest BCUT2D eigenvalue weighted by atomic mass is 31.2. The smallest absolute Gasteiger partial charge is 0.316 e. The first-order valence-electron chi connectivity index (χ1n) is 6.96. The fourth-order valence-electron chi connectivity index (χ4n) is 2.46. The number of hydrogen-bond acceptors (Lipinski definition) is 4. The summed E-state index contributed by atoms with van der Waals surface area (Å²) in [5.74, 6) is -0.135. The largest absolute Gasteiger partial charge is 0.466 e. The second-order valence-electron chi connectivity index (χ2n) is 5.13. The van der Waals surface area contributed by atoms with Gasteiger partial charge in [-0.2, -0.15) is 0 Å². The Labute approximate surface area is 138 Å². The summed E-state index contributed by atoms with van der Waals surface area (Å²) in [4.78, 5) is 46.4. The molecule has 0 saturated carbocycles. The van der Waals surface area contributed by atoms with Gasteiger partial charge in [0.25, 0.3) is 0 Å². The molecular weight excluding hydrogens is 333 g/mol. The first-order valence-corrected chi connectivity index (χ1v) is 8.53. The Bertz CT molecular complexity index is 834. The van der Waals surface area contributed by atoms with E-state index in [1.807, 2.05) is 19.2 Å².